The van der Waals surface area contributed by atoms with Crippen LogP contribution in [0.3, 0.4) is 0 Å². The predicted octanol–water partition coefficient (Wildman–Crippen LogP) is 1.57. The van der Waals surface area contributed by atoms with Crippen LogP contribution in [0.15, 0.2) is 0 Å². The molecule has 0 aromatic carbocycles. The summed E-state index contributed by atoms with van der Waals surface area (Å²) in [6.45, 7) is 5.86. The lowest BCUT2D eigenvalue weighted by molar-refractivity contribution is -0.0345. The van der Waals surface area contributed by atoms with Gasteiger partial charge in [0.15, 0.2) is 0 Å². The zero-order chi connectivity index (χ0) is 11.5. The maximum absolute atomic E-state index is 11.2. The Kier molecular flexibility index (Phi) is 4.14. The normalized spacial score (nSPS) is 28.5. The van der Waals surface area contributed by atoms with Gasteiger partial charge < -0.3 is 0 Å². The van der Waals surface area contributed by atoms with Gasteiger partial charge in [0.05, 0.1) is 6.26 Å². The number of unbranched alkanes of at least 4 members (excludes halogenated alkanes) is 1. The summed E-state index contributed by atoms with van der Waals surface area (Å²) in [7, 11) is -3.37. The van der Waals surface area contributed by atoms with Crippen molar-refractivity contribution in [3.8, 4) is 0 Å². The highest BCUT2D eigenvalue weighted by Crippen LogP contribution is 2.31. The number of hydrogen-bond donors (Lipinski definition) is 0. The summed E-state index contributed by atoms with van der Waals surface area (Å²) < 4.78 is 27.5. The molecule has 5 heteroatoms. The van der Waals surface area contributed by atoms with Gasteiger partial charge in [0.1, 0.15) is 5.72 Å². The van der Waals surface area contributed by atoms with Crippen molar-refractivity contribution in [2.75, 3.05) is 19.3 Å². The third kappa shape index (κ3) is 3.74. The van der Waals surface area contributed by atoms with E-state index in [1.54, 1.807) is 0 Å². The summed E-state index contributed by atoms with van der Waals surface area (Å²) in [5.74, 6) is 0. The van der Waals surface area contributed by atoms with Crippen molar-refractivity contribution in [3.05, 3.63) is 0 Å². The minimum atomic E-state index is -3.37. The topological polar surface area (TPSA) is 46.6 Å². The van der Waals surface area contributed by atoms with Crippen molar-refractivity contribution in [2.24, 2.45) is 0 Å². The summed E-state index contributed by atoms with van der Waals surface area (Å²) >= 11 is 0. The van der Waals surface area contributed by atoms with Crippen LogP contribution in [-0.2, 0) is 14.3 Å². The second-order valence-electron chi connectivity index (χ2n) is 4.41. The molecule has 90 valence electrons. The van der Waals surface area contributed by atoms with Crippen molar-refractivity contribution in [1.29, 1.82) is 0 Å². The standard InChI is InChI=1S/C10H21NO3S/c1-4-5-8-11-9-6-7-10(11,2)14-15(3,12)13/h4-9H2,1-3H3. The van der Waals surface area contributed by atoms with Gasteiger partial charge in [-0.25, -0.2) is 4.18 Å². The first-order chi connectivity index (χ1) is 6.87. The SMILES string of the molecule is CCCCN1CCCC1(C)OS(C)(=O)=O. The molecule has 0 spiro atoms. The molecular formula is C10H21NO3S. The molecule has 15 heavy (non-hydrogen) atoms. The fraction of sp³-hybridized carbons (Fsp3) is 1.00. The summed E-state index contributed by atoms with van der Waals surface area (Å²) in [5, 5.41) is 0. The lowest BCUT2D eigenvalue weighted by Gasteiger charge is -2.33. The van der Waals surface area contributed by atoms with Gasteiger partial charge in [0.25, 0.3) is 10.1 Å². The number of nitrogens with zero attached hydrogens (tertiary/aromatic N) is 1. The van der Waals surface area contributed by atoms with Crippen molar-refractivity contribution in [2.45, 2.75) is 45.3 Å². The van der Waals surface area contributed by atoms with Crippen LogP contribution in [0.5, 0.6) is 0 Å². The average Bonchev–Trinajstić information content (AvgIpc) is 2.39. The molecule has 1 heterocycles. The highest BCUT2D eigenvalue weighted by atomic mass is 32.2. The first kappa shape index (κ1) is 12.9. The minimum Gasteiger partial charge on any atom is -0.275 e. The van der Waals surface area contributed by atoms with Crippen LogP contribution in [0.4, 0.5) is 0 Å². The number of likely N-dealkylation sites (tertiary alicyclic amines) is 1. The fourth-order valence-electron chi connectivity index (χ4n) is 2.11. The van der Waals surface area contributed by atoms with Gasteiger partial charge in [-0.05, 0) is 26.2 Å². The van der Waals surface area contributed by atoms with Crippen LogP contribution in [0, 0.1) is 0 Å². The Labute approximate surface area is 92.7 Å². The Morgan fingerprint density at radius 3 is 2.67 bits per heavy atom. The zero-order valence-electron chi connectivity index (χ0n) is 9.82. The van der Waals surface area contributed by atoms with Crippen LogP contribution in [-0.4, -0.2) is 38.4 Å². The Bertz CT molecular complexity index is 302. The molecule has 1 fully saturated rings. The van der Waals surface area contributed by atoms with Crippen LogP contribution >= 0.6 is 0 Å². The van der Waals surface area contributed by atoms with E-state index >= 15 is 0 Å². The van der Waals surface area contributed by atoms with Crippen molar-refractivity contribution in [1.82, 2.24) is 4.90 Å². The van der Waals surface area contributed by atoms with E-state index in [2.05, 4.69) is 11.8 Å². The Balaban J connectivity index is 2.64. The van der Waals surface area contributed by atoms with Gasteiger partial charge in [-0.3, -0.25) is 4.90 Å². The van der Waals surface area contributed by atoms with Gasteiger partial charge in [0.2, 0.25) is 0 Å². The lowest BCUT2D eigenvalue weighted by Crippen LogP contribution is -2.45. The van der Waals surface area contributed by atoms with Crippen LogP contribution in [0.1, 0.15) is 39.5 Å². The Morgan fingerprint density at radius 2 is 2.13 bits per heavy atom. The molecule has 0 aliphatic carbocycles. The molecule has 0 saturated carbocycles. The van der Waals surface area contributed by atoms with Crippen molar-refractivity contribution in [3.63, 3.8) is 0 Å². The number of hydrogen-bond acceptors (Lipinski definition) is 4. The number of rotatable bonds is 5. The molecular weight excluding hydrogens is 214 g/mol. The molecule has 1 saturated heterocycles. The summed E-state index contributed by atoms with van der Waals surface area (Å²) in [6, 6.07) is 0. The van der Waals surface area contributed by atoms with Crippen LogP contribution < -0.4 is 0 Å². The smallest absolute Gasteiger partial charge is 0.266 e. The molecule has 4 nitrogen and oxygen atoms in total. The maximum Gasteiger partial charge on any atom is 0.266 e. The predicted molar refractivity (Wildman–Crippen MR) is 60.0 cm³/mol. The van der Waals surface area contributed by atoms with Crippen molar-refractivity contribution < 1.29 is 12.6 Å². The molecule has 1 aliphatic rings. The second kappa shape index (κ2) is 4.80. The molecule has 0 aromatic heterocycles. The van der Waals surface area contributed by atoms with E-state index < -0.39 is 15.8 Å². The van der Waals surface area contributed by atoms with Gasteiger partial charge in [-0.2, -0.15) is 8.42 Å². The third-order valence-electron chi connectivity index (χ3n) is 2.85. The van der Waals surface area contributed by atoms with Gasteiger partial charge in [0, 0.05) is 13.1 Å². The van der Waals surface area contributed by atoms with Gasteiger partial charge >= 0.3 is 0 Å². The second-order valence-corrected chi connectivity index (χ2v) is 5.98. The maximum atomic E-state index is 11.2. The quantitative estimate of drug-likeness (QED) is 0.679. The average molecular weight is 235 g/mol. The lowest BCUT2D eigenvalue weighted by atomic mass is 10.2. The van der Waals surface area contributed by atoms with E-state index in [0.29, 0.717) is 0 Å². The summed E-state index contributed by atoms with van der Waals surface area (Å²) in [5.41, 5.74) is -0.608. The minimum absolute atomic E-state index is 0.608. The summed E-state index contributed by atoms with van der Waals surface area (Å²) in [6.07, 6.45) is 5.13. The molecule has 0 N–H and O–H groups in total. The zero-order valence-corrected chi connectivity index (χ0v) is 10.6. The first-order valence-electron chi connectivity index (χ1n) is 5.53. The summed E-state index contributed by atoms with van der Waals surface area (Å²) in [4.78, 5) is 2.14. The molecule has 1 aliphatic heterocycles. The highest BCUT2D eigenvalue weighted by molar-refractivity contribution is 7.86. The van der Waals surface area contributed by atoms with E-state index in [4.69, 9.17) is 4.18 Å². The molecule has 1 unspecified atom stereocenters. The molecule has 0 radical (unpaired) electrons. The Hall–Kier alpha value is -0.130. The molecule has 1 rings (SSSR count). The van der Waals surface area contributed by atoms with Crippen molar-refractivity contribution >= 4 is 10.1 Å². The van der Waals surface area contributed by atoms with E-state index in [0.717, 1.165) is 45.0 Å². The third-order valence-corrected chi connectivity index (χ3v) is 3.51. The Morgan fingerprint density at radius 1 is 1.47 bits per heavy atom. The molecule has 1 atom stereocenters. The highest BCUT2D eigenvalue weighted by Gasteiger charge is 2.39. The van der Waals surface area contributed by atoms with Crippen LogP contribution in [0.2, 0.25) is 0 Å². The largest absolute Gasteiger partial charge is 0.275 e. The van der Waals surface area contributed by atoms with E-state index in [1.807, 2.05) is 6.92 Å². The monoisotopic (exact) mass is 235 g/mol. The van der Waals surface area contributed by atoms with Crippen LogP contribution in [0.25, 0.3) is 0 Å². The first-order valence-corrected chi connectivity index (χ1v) is 7.35. The molecule has 0 aromatic rings. The van der Waals surface area contributed by atoms with Gasteiger partial charge in [-0.15, -0.1) is 0 Å². The van der Waals surface area contributed by atoms with E-state index in [1.165, 1.54) is 0 Å². The van der Waals surface area contributed by atoms with E-state index in [9.17, 15) is 8.42 Å². The van der Waals surface area contributed by atoms with Gasteiger partial charge in [-0.1, -0.05) is 13.3 Å². The molecule has 0 amide bonds. The fourth-order valence-corrected chi connectivity index (χ4v) is 2.95. The molecule has 0 bridgehead atoms. The van der Waals surface area contributed by atoms with E-state index in [-0.39, 0.29) is 0 Å².